The highest BCUT2D eigenvalue weighted by atomic mass is 16.9. The molecule has 27 heavy (non-hydrogen) atoms. The van der Waals surface area contributed by atoms with Gasteiger partial charge in [-0.3, -0.25) is 0 Å². The fourth-order valence-corrected chi connectivity index (χ4v) is 2.70. The number of hydrogen-bond donors (Lipinski definition) is 0. The van der Waals surface area contributed by atoms with Gasteiger partial charge < -0.3 is 28.4 Å². The Labute approximate surface area is 166 Å². The molecule has 0 heterocycles. The predicted molar refractivity (Wildman–Crippen MR) is 108 cm³/mol. The Morgan fingerprint density at radius 3 is 1.41 bits per heavy atom. The maximum atomic E-state index is 5.95. The summed E-state index contributed by atoms with van der Waals surface area (Å²) in [6.45, 7) is 6.49. The summed E-state index contributed by atoms with van der Waals surface area (Å²) in [5, 5.41) is 0. The highest BCUT2D eigenvalue weighted by Gasteiger charge is 2.33. The Kier molecular flexibility index (Phi) is 19.9. The molecule has 0 N–H and O–H groups in total. The van der Waals surface area contributed by atoms with Crippen LogP contribution in [0.5, 0.6) is 0 Å². The van der Waals surface area contributed by atoms with Crippen LogP contribution in [0.25, 0.3) is 0 Å². The third-order valence-corrected chi connectivity index (χ3v) is 4.22. The van der Waals surface area contributed by atoms with Crippen LogP contribution in [0.1, 0.15) is 57.8 Å². The lowest BCUT2D eigenvalue weighted by molar-refractivity contribution is -0.387. The normalized spacial score (nSPS) is 11.8. The van der Waals surface area contributed by atoms with Crippen molar-refractivity contribution in [2.75, 3.05) is 61.0 Å². The Morgan fingerprint density at radius 1 is 0.593 bits per heavy atom. The van der Waals surface area contributed by atoms with Gasteiger partial charge in [0.2, 0.25) is 0 Å². The predicted octanol–water partition coefficient (Wildman–Crippen LogP) is 4.33. The molecule has 0 radical (unpaired) electrons. The summed E-state index contributed by atoms with van der Waals surface area (Å²) in [7, 11) is 4.95. The number of methoxy groups -OCH3 is 3. The molecule has 0 atom stereocenters. The van der Waals surface area contributed by atoms with E-state index in [9.17, 15) is 0 Å². The number of unbranched alkanes of at least 4 members (excludes halogenated alkanes) is 7. The molecule has 0 saturated carbocycles. The molecule has 6 nitrogen and oxygen atoms in total. The lowest BCUT2D eigenvalue weighted by Gasteiger charge is -2.33. The van der Waals surface area contributed by atoms with Gasteiger partial charge >= 0.3 is 0 Å². The SMILES string of the molecule is C=CCCCCCCCCCC(OCCOC)(OCCOC)OCCOC. The zero-order valence-electron chi connectivity index (χ0n) is 17.8. The van der Waals surface area contributed by atoms with E-state index in [1.165, 1.54) is 32.1 Å². The van der Waals surface area contributed by atoms with Gasteiger partial charge in [0, 0.05) is 27.8 Å². The second-order valence-electron chi connectivity index (χ2n) is 6.51. The van der Waals surface area contributed by atoms with E-state index in [0.717, 1.165) is 19.3 Å². The van der Waals surface area contributed by atoms with E-state index >= 15 is 0 Å². The standard InChI is InChI=1S/C21H42O6/c1-5-6-7-8-9-10-11-12-13-14-21(25-18-15-22-2,26-19-16-23-3)27-20-17-24-4/h5H,1,6-20H2,2-4H3. The summed E-state index contributed by atoms with van der Waals surface area (Å²) >= 11 is 0. The molecule has 0 bridgehead atoms. The van der Waals surface area contributed by atoms with Crippen molar-refractivity contribution in [2.45, 2.75) is 63.8 Å². The van der Waals surface area contributed by atoms with Crippen molar-refractivity contribution < 1.29 is 28.4 Å². The van der Waals surface area contributed by atoms with Crippen LogP contribution in [0.2, 0.25) is 0 Å². The van der Waals surface area contributed by atoms with Gasteiger partial charge in [-0.05, 0) is 19.3 Å². The van der Waals surface area contributed by atoms with Crippen LogP contribution < -0.4 is 0 Å². The minimum absolute atomic E-state index is 0.416. The van der Waals surface area contributed by atoms with E-state index < -0.39 is 5.97 Å². The van der Waals surface area contributed by atoms with E-state index in [0.29, 0.717) is 46.1 Å². The summed E-state index contributed by atoms with van der Waals surface area (Å²) in [6.07, 6.45) is 12.2. The number of allylic oxidation sites excluding steroid dienone is 1. The van der Waals surface area contributed by atoms with Gasteiger partial charge in [-0.15, -0.1) is 6.58 Å². The molecule has 0 aliphatic heterocycles. The van der Waals surface area contributed by atoms with Gasteiger partial charge in [0.15, 0.2) is 0 Å². The molecule has 0 aromatic rings. The van der Waals surface area contributed by atoms with Crippen LogP contribution in [-0.2, 0) is 28.4 Å². The van der Waals surface area contributed by atoms with Gasteiger partial charge in [0.25, 0.3) is 5.97 Å². The molecule has 0 aromatic carbocycles. The molecule has 0 spiro atoms. The Bertz CT molecular complexity index is 285. The Hall–Kier alpha value is -0.500. The van der Waals surface area contributed by atoms with Crippen LogP contribution in [-0.4, -0.2) is 66.9 Å². The molecular weight excluding hydrogens is 348 g/mol. The van der Waals surface area contributed by atoms with Crippen molar-refractivity contribution in [3.05, 3.63) is 12.7 Å². The van der Waals surface area contributed by atoms with Gasteiger partial charge in [-0.1, -0.05) is 38.2 Å². The van der Waals surface area contributed by atoms with Gasteiger partial charge in [0.05, 0.1) is 39.6 Å². The maximum absolute atomic E-state index is 5.95. The fraction of sp³-hybridized carbons (Fsp3) is 0.905. The van der Waals surface area contributed by atoms with Gasteiger partial charge in [-0.2, -0.15) is 0 Å². The van der Waals surface area contributed by atoms with E-state index in [2.05, 4.69) is 6.58 Å². The number of ether oxygens (including phenoxy) is 6. The molecule has 162 valence electrons. The summed E-state index contributed by atoms with van der Waals surface area (Å²) in [5.41, 5.74) is 0. The fourth-order valence-electron chi connectivity index (χ4n) is 2.70. The zero-order valence-corrected chi connectivity index (χ0v) is 17.8. The topological polar surface area (TPSA) is 55.4 Å². The van der Waals surface area contributed by atoms with Crippen LogP contribution in [0.4, 0.5) is 0 Å². The minimum Gasteiger partial charge on any atom is -0.382 e. The van der Waals surface area contributed by atoms with Crippen molar-refractivity contribution in [1.82, 2.24) is 0 Å². The van der Waals surface area contributed by atoms with Crippen LogP contribution in [0, 0.1) is 0 Å². The molecule has 0 fully saturated rings. The van der Waals surface area contributed by atoms with Crippen LogP contribution in [0.15, 0.2) is 12.7 Å². The van der Waals surface area contributed by atoms with E-state index in [4.69, 9.17) is 28.4 Å². The zero-order chi connectivity index (χ0) is 20.1. The Balaban J connectivity index is 4.33. The summed E-state index contributed by atoms with van der Waals surface area (Å²) in [5.74, 6) is -1.06. The van der Waals surface area contributed by atoms with Gasteiger partial charge in [-0.25, -0.2) is 0 Å². The highest BCUT2D eigenvalue weighted by molar-refractivity contribution is 4.65. The molecule has 0 aliphatic rings. The maximum Gasteiger partial charge on any atom is 0.283 e. The third-order valence-electron chi connectivity index (χ3n) is 4.22. The van der Waals surface area contributed by atoms with E-state index in [-0.39, 0.29) is 0 Å². The second kappa shape index (κ2) is 20.2. The van der Waals surface area contributed by atoms with Crippen molar-refractivity contribution in [3.63, 3.8) is 0 Å². The first-order valence-electron chi connectivity index (χ1n) is 10.2. The first kappa shape index (κ1) is 26.5. The first-order chi connectivity index (χ1) is 13.2. The average molecular weight is 391 g/mol. The molecule has 0 rings (SSSR count). The van der Waals surface area contributed by atoms with Crippen molar-refractivity contribution in [2.24, 2.45) is 0 Å². The second-order valence-corrected chi connectivity index (χ2v) is 6.51. The summed E-state index contributed by atoms with van der Waals surface area (Å²) in [4.78, 5) is 0. The van der Waals surface area contributed by atoms with E-state index in [1.54, 1.807) is 21.3 Å². The molecule has 0 unspecified atom stereocenters. The van der Waals surface area contributed by atoms with Crippen molar-refractivity contribution in [3.8, 4) is 0 Å². The number of rotatable bonds is 22. The average Bonchev–Trinajstić information content (AvgIpc) is 2.67. The summed E-state index contributed by atoms with van der Waals surface area (Å²) in [6, 6.07) is 0. The van der Waals surface area contributed by atoms with Crippen molar-refractivity contribution in [1.29, 1.82) is 0 Å². The molecule has 0 aliphatic carbocycles. The van der Waals surface area contributed by atoms with Crippen LogP contribution in [0.3, 0.4) is 0 Å². The molecule has 0 saturated heterocycles. The number of hydrogen-bond acceptors (Lipinski definition) is 6. The quantitative estimate of drug-likeness (QED) is 0.156. The molecule has 6 heteroatoms. The minimum atomic E-state index is -1.06. The lowest BCUT2D eigenvalue weighted by Crippen LogP contribution is -2.42. The molecule has 0 amide bonds. The molecule has 0 aromatic heterocycles. The largest absolute Gasteiger partial charge is 0.382 e. The summed E-state index contributed by atoms with van der Waals surface area (Å²) < 4.78 is 33.1. The molecular formula is C21H42O6. The van der Waals surface area contributed by atoms with Crippen LogP contribution >= 0.6 is 0 Å². The monoisotopic (exact) mass is 390 g/mol. The smallest absolute Gasteiger partial charge is 0.283 e. The highest BCUT2D eigenvalue weighted by Crippen LogP contribution is 2.24. The van der Waals surface area contributed by atoms with E-state index in [1.807, 2.05) is 6.08 Å². The van der Waals surface area contributed by atoms with Crippen molar-refractivity contribution >= 4 is 0 Å². The Morgan fingerprint density at radius 2 is 1.00 bits per heavy atom. The third kappa shape index (κ3) is 16.2. The lowest BCUT2D eigenvalue weighted by atomic mass is 10.1. The van der Waals surface area contributed by atoms with Gasteiger partial charge in [0.1, 0.15) is 0 Å². The first-order valence-corrected chi connectivity index (χ1v) is 10.2.